The molecule has 30 heavy (non-hydrogen) atoms. The van der Waals surface area contributed by atoms with Crippen LogP contribution in [0.2, 0.25) is 0 Å². The third kappa shape index (κ3) is 5.23. The van der Waals surface area contributed by atoms with Gasteiger partial charge in [-0.15, -0.1) is 0 Å². The zero-order valence-corrected chi connectivity index (χ0v) is 16.7. The van der Waals surface area contributed by atoms with Crippen molar-refractivity contribution in [2.24, 2.45) is 0 Å². The van der Waals surface area contributed by atoms with Gasteiger partial charge >= 0.3 is 5.97 Å². The minimum absolute atomic E-state index is 0.170. The molecule has 0 atom stereocenters. The quantitative estimate of drug-likeness (QED) is 0.433. The molecule has 1 heterocycles. The molecule has 0 N–H and O–H groups in total. The van der Waals surface area contributed by atoms with E-state index in [0.29, 0.717) is 37.4 Å². The van der Waals surface area contributed by atoms with E-state index in [1.165, 1.54) is 12.1 Å². The van der Waals surface area contributed by atoms with Gasteiger partial charge in [0.25, 0.3) is 5.91 Å². The molecule has 3 rings (SSSR count). The summed E-state index contributed by atoms with van der Waals surface area (Å²) in [7, 11) is 0. The summed E-state index contributed by atoms with van der Waals surface area (Å²) in [6.45, 7) is 3.26. The van der Waals surface area contributed by atoms with Crippen molar-refractivity contribution in [1.82, 2.24) is 4.90 Å². The van der Waals surface area contributed by atoms with Gasteiger partial charge in [-0.1, -0.05) is 42.0 Å². The van der Waals surface area contributed by atoms with E-state index >= 15 is 0 Å². The fourth-order valence-corrected chi connectivity index (χ4v) is 3.17. The van der Waals surface area contributed by atoms with Gasteiger partial charge in [-0.05, 0) is 30.7 Å². The lowest BCUT2D eigenvalue weighted by molar-refractivity contribution is -0.148. The monoisotopic (exact) mass is 407 g/mol. The maximum absolute atomic E-state index is 13.9. The van der Waals surface area contributed by atoms with Crippen LogP contribution in [-0.2, 0) is 14.3 Å². The number of piperazine rings is 1. The Morgan fingerprint density at radius 3 is 2.40 bits per heavy atom. The van der Waals surface area contributed by atoms with Crippen LogP contribution in [0.25, 0.3) is 6.08 Å². The zero-order chi connectivity index (χ0) is 21.5. The van der Waals surface area contributed by atoms with Gasteiger partial charge in [0.05, 0.1) is 5.69 Å². The Morgan fingerprint density at radius 2 is 1.77 bits per heavy atom. The van der Waals surface area contributed by atoms with Gasteiger partial charge in [-0.25, -0.2) is 9.18 Å². The van der Waals surface area contributed by atoms with Gasteiger partial charge in [0.15, 0.2) is 6.61 Å². The molecule has 1 saturated heterocycles. The Bertz CT molecular complexity index is 987. The molecule has 1 amide bonds. The Kier molecular flexibility index (Phi) is 6.81. The normalized spacial score (nSPS) is 14.2. The van der Waals surface area contributed by atoms with E-state index in [2.05, 4.69) is 0 Å². The van der Waals surface area contributed by atoms with E-state index in [1.54, 1.807) is 35.2 Å². The van der Waals surface area contributed by atoms with E-state index in [4.69, 9.17) is 4.74 Å². The Hall–Kier alpha value is -3.66. The Morgan fingerprint density at radius 1 is 1.10 bits per heavy atom. The van der Waals surface area contributed by atoms with Crippen molar-refractivity contribution in [2.45, 2.75) is 6.92 Å². The summed E-state index contributed by atoms with van der Waals surface area (Å²) in [5.41, 5.74) is 2.10. The van der Waals surface area contributed by atoms with Crippen molar-refractivity contribution < 1.29 is 18.7 Å². The molecule has 0 bridgehead atoms. The molecule has 1 aliphatic rings. The van der Waals surface area contributed by atoms with Crippen molar-refractivity contribution >= 4 is 23.6 Å². The molecule has 2 aromatic rings. The maximum atomic E-state index is 13.9. The standard InChI is InChI=1S/C23H22FN3O3/c1-17-6-8-18(9-7-17)14-19(15-25)23(29)30-16-22(28)27-12-10-26(11-13-27)21-5-3-2-4-20(21)24/h2-9,14H,10-13,16H2,1H3/b19-14+. The number of hydrogen-bond acceptors (Lipinski definition) is 5. The summed E-state index contributed by atoms with van der Waals surface area (Å²) in [5, 5.41) is 9.24. The number of para-hydroxylation sites is 1. The van der Waals surface area contributed by atoms with E-state index in [0.717, 1.165) is 5.56 Å². The van der Waals surface area contributed by atoms with Gasteiger partial charge in [0.2, 0.25) is 0 Å². The highest BCUT2D eigenvalue weighted by atomic mass is 19.1. The summed E-state index contributed by atoms with van der Waals surface area (Å²) in [4.78, 5) is 28.0. The smallest absolute Gasteiger partial charge is 0.349 e. The number of nitrogens with zero attached hydrogens (tertiary/aromatic N) is 3. The van der Waals surface area contributed by atoms with E-state index < -0.39 is 12.6 Å². The van der Waals surface area contributed by atoms with Crippen molar-refractivity contribution in [3.8, 4) is 6.07 Å². The fourth-order valence-electron chi connectivity index (χ4n) is 3.17. The minimum atomic E-state index is -0.837. The first-order valence-corrected chi connectivity index (χ1v) is 9.61. The number of halogens is 1. The van der Waals surface area contributed by atoms with Crippen LogP contribution in [0, 0.1) is 24.1 Å². The summed E-state index contributed by atoms with van der Waals surface area (Å²) in [6.07, 6.45) is 1.43. The first-order chi connectivity index (χ1) is 14.5. The first kappa shape index (κ1) is 21.1. The second-order valence-electron chi connectivity index (χ2n) is 6.98. The molecule has 0 unspecified atom stereocenters. The molecule has 2 aromatic carbocycles. The van der Waals surface area contributed by atoms with Crippen molar-refractivity contribution in [3.05, 3.63) is 71.0 Å². The number of carbonyl (C=O) groups is 2. The van der Waals surface area contributed by atoms with Crippen LogP contribution in [0.1, 0.15) is 11.1 Å². The second kappa shape index (κ2) is 9.70. The van der Waals surface area contributed by atoms with Crippen LogP contribution in [0.15, 0.2) is 54.1 Å². The number of aryl methyl sites for hydroxylation is 1. The summed E-state index contributed by atoms with van der Waals surface area (Å²) < 4.78 is 19.0. The molecule has 0 radical (unpaired) electrons. The summed E-state index contributed by atoms with van der Waals surface area (Å²) in [5.74, 6) is -1.48. The number of nitriles is 1. The Labute approximate surface area is 174 Å². The average molecular weight is 407 g/mol. The number of amides is 1. The number of carbonyl (C=O) groups excluding carboxylic acids is 2. The number of hydrogen-bond donors (Lipinski definition) is 0. The number of ether oxygens (including phenoxy) is 1. The molecule has 6 nitrogen and oxygen atoms in total. The lowest BCUT2D eigenvalue weighted by Gasteiger charge is -2.36. The molecule has 0 saturated carbocycles. The van der Waals surface area contributed by atoms with Gasteiger partial charge in [0, 0.05) is 26.2 Å². The predicted molar refractivity (Wildman–Crippen MR) is 111 cm³/mol. The molecule has 0 aliphatic carbocycles. The van der Waals surface area contributed by atoms with Gasteiger partial charge in [-0.2, -0.15) is 5.26 Å². The van der Waals surface area contributed by atoms with Crippen molar-refractivity contribution in [2.75, 3.05) is 37.7 Å². The SMILES string of the molecule is Cc1ccc(/C=C(\C#N)C(=O)OCC(=O)N2CCN(c3ccccc3F)CC2)cc1. The number of esters is 1. The molecular formula is C23H22FN3O3. The van der Waals surface area contributed by atoms with Crippen LogP contribution in [-0.4, -0.2) is 49.6 Å². The summed E-state index contributed by atoms with van der Waals surface area (Å²) in [6, 6.07) is 15.7. The third-order valence-electron chi connectivity index (χ3n) is 4.88. The van der Waals surface area contributed by atoms with Crippen LogP contribution in [0.3, 0.4) is 0 Å². The van der Waals surface area contributed by atoms with Gasteiger partial charge in [-0.3, -0.25) is 4.79 Å². The molecule has 154 valence electrons. The van der Waals surface area contributed by atoms with E-state index in [-0.39, 0.29) is 17.3 Å². The number of rotatable bonds is 5. The molecular weight excluding hydrogens is 385 g/mol. The van der Waals surface area contributed by atoms with Crippen molar-refractivity contribution in [3.63, 3.8) is 0 Å². The average Bonchev–Trinajstić information content (AvgIpc) is 2.77. The molecule has 0 aromatic heterocycles. The maximum Gasteiger partial charge on any atom is 0.349 e. The highest BCUT2D eigenvalue weighted by Crippen LogP contribution is 2.20. The van der Waals surface area contributed by atoms with Gasteiger partial charge in [0.1, 0.15) is 17.5 Å². The molecule has 1 aliphatic heterocycles. The molecule has 1 fully saturated rings. The molecule has 7 heteroatoms. The minimum Gasteiger partial charge on any atom is -0.451 e. The van der Waals surface area contributed by atoms with Gasteiger partial charge < -0.3 is 14.5 Å². The lowest BCUT2D eigenvalue weighted by atomic mass is 10.1. The van der Waals surface area contributed by atoms with Crippen LogP contribution in [0.4, 0.5) is 10.1 Å². The van der Waals surface area contributed by atoms with E-state index in [9.17, 15) is 19.2 Å². The Balaban J connectivity index is 1.51. The number of anilines is 1. The third-order valence-corrected chi connectivity index (χ3v) is 4.88. The number of benzene rings is 2. The van der Waals surface area contributed by atoms with Crippen LogP contribution >= 0.6 is 0 Å². The highest BCUT2D eigenvalue weighted by Gasteiger charge is 2.24. The fraction of sp³-hybridized carbons (Fsp3) is 0.261. The van der Waals surface area contributed by atoms with Crippen molar-refractivity contribution in [1.29, 1.82) is 5.26 Å². The topological polar surface area (TPSA) is 73.6 Å². The largest absolute Gasteiger partial charge is 0.451 e. The first-order valence-electron chi connectivity index (χ1n) is 9.61. The molecule has 0 spiro atoms. The zero-order valence-electron chi connectivity index (χ0n) is 16.7. The summed E-state index contributed by atoms with van der Waals surface area (Å²) >= 11 is 0. The second-order valence-corrected chi connectivity index (χ2v) is 6.98. The predicted octanol–water partition coefficient (Wildman–Crippen LogP) is 2.93. The van der Waals surface area contributed by atoms with Crippen LogP contribution in [0.5, 0.6) is 0 Å². The highest BCUT2D eigenvalue weighted by molar-refractivity contribution is 5.98. The van der Waals surface area contributed by atoms with Crippen LogP contribution < -0.4 is 4.90 Å². The van der Waals surface area contributed by atoms with E-state index in [1.807, 2.05) is 30.0 Å². The lowest BCUT2D eigenvalue weighted by Crippen LogP contribution is -2.50.